The van der Waals surface area contributed by atoms with E-state index in [9.17, 15) is 10.2 Å². The van der Waals surface area contributed by atoms with Gasteiger partial charge in [0, 0.05) is 0 Å². The zero-order chi connectivity index (χ0) is 7.83. The molecule has 0 spiro atoms. The maximum Gasteiger partial charge on any atom is 0.113 e. The molecule has 0 aromatic heterocycles. The molecule has 10 heavy (non-hydrogen) atoms. The third-order valence-corrected chi connectivity index (χ3v) is 1.98. The van der Waals surface area contributed by atoms with Crippen LogP contribution < -0.4 is 11.5 Å². The molecule has 0 aliphatic heterocycles. The zero-order valence-electron chi connectivity index (χ0n) is 5.88. The molecule has 6 N–H and O–H groups in total. The second-order valence-electron chi connectivity index (χ2n) is 3.21. The van der Waals surface area contributed by atoms with Gasteiger partial charge in [0.25, 0.3) is 0 Å². The highest BCUT2D eigenvalue weighted by atomic mass is 16.3. The molecule has 1 saturated carbocycles. The minimum absolute atomic E-state index is 0.375. The van der Waals surface area contributed by atoms with Crippen LogP contribution in [0.15, 0.2) is 0 Å². The third kappa shape index (κ3) is 1.91. The Bertz CT molecular complexity index is 106. The molecule has 1 aliphatic carbocycles. The molecule has 0 unspecified atom stereocenters. The minimum Gasteiger partial charge on any atom is -0.376 e. The van der Waals surface area contributed by atoms with Crippen molar-refractivity contribution >= 4 is 0 Å². The molecule has 1 fully saturated rings. The van der Waals surface area contributed by atoms with Crippen LogP contribution in [0, 0.1) is 0 Å². The maximum atomic E-state index is 9.22. The molecule has 1 aliphatic rings. The van der Waals surface area contributed by atoms with Crippen molar-refractivity contribution in [2.75, 3.05) is 0 Å². The summed E-state index contributed by atoms with van der Waals surface area (Å²) in [4.78, 5) is 0. The first-order chi connectivity index (χ1) is 4.41. The lowest BCUT2D eigenvalue weighted by molar-refractivity contribution is -0.0746. The number of rotatable bonds is 0. The van der Waals surface area contributed by atoms with Gasteiger partial charge in [-0.25, -0.2) is 0 Å². The van der Waals surface area contributed by atoms with Gasteiger partial charge in [0.05, 0.1) is 0 Å². The molecular weight excluding hydrogens is 132 g/mol. The third-order valence-electron chi connectivity index (χ3n) is 1.98. The summed E-state index contributed by atoms with van der Waals surface area (Å²) in [7, 11) is 0. The van der Waals surface area contributed by atoms with Crippen LogP contribution in [-0.2, 0) is 0 Å². The summed E-state index contributed by atoms with van der Waals surface area (Å²) in [5, 5.41) is 18.4. The second kappa shape index (κ2) is 2.17. The van der Waals surface area contributed by atoms with Crippen LogP contribution in [0.2, 0.25) is 0 Å². The van der Waals surface area contributed by atoms with E-state index in [2.05, 4.69) is 0 Å². The molecule has 0 bridgehead atoms. The van der Waals surface area contributed by atoms with Gasteiger partial charge in [-0.3, -0.25) is 0 Å². The topological polar surface area (TPSA) is 92.5 Å². The summed E-state index contributed by atoms with van der Waals surface area (Å²) >= 11 is 0. The molecule has 0 aromatic rings. The van der Waals surface area contributed by atoms with E-state index in [4.69, 9.17) is 11.5 Å². The van der Waals surface area contributed by atoms with Gasteiger partial charge in [-0.2, -0.15) is 0 Å². The highest BCUT2D eigenvalue weighted by Crippen LogP contribution is 2.27. The summed E-state index contributed by atoms with van der Waals surface area (Å²) in [6, 6.07) is 0. The first kappa shape index (κ1) is 7.94. The van der Waals surface area contributed by atoms with Crippen LogP contribution in [0.5, 0.6) is 0 Å². The first-order valence-electron chi connectivity index (χ1n) is 3.44. The summed E-state index contributed by atoms with van der Waals surface area (Å²) in [6.45, 7) is 0. The van der Waals surface area contributed by atoms with Crippen LogP contribution >= 0.6 is 0 Å². The lowest BCUT2D eigenvalue weighted by Gasteiger charge is -2.36. The van der Waals surface area contributed by atoms with E-state index in [1.807, 2.05) is 0 Å². The largest absolute Gasteiger partial charge is 0.376 e. The van der Waals surface area contributed by atoms with Crippen molar-refractivity contribution in [2.45, 2.75) is 37.1 Å². The Labute approximate surface area is 59.8 Å². The lowest BCUT2D eigenvalue weighted by Crippen LogP contribution is -2.52. The second-order valence-corrected chi connectivity index (χ2v) is 3.21. The van der Waals surface area contributed by atoms with Gasteiger partial charge in [-0.15, -0.1) is 0 Å². The standard InChI is InChI=1S/C6H14N2O2/c7-5(9)1-2-6(8,10)4-3-5/h9-10H,1-4,7-8H2. The normalized spacial score (nSPS) is 49.2. The highest BCUT2D eigenvalue weighted by Gasteiger charge is 2.35. The van der Waals surface area contributed by atoms with Crippen LogP contribution in [0.1, 0.15) is 25.7 Å². The molecule has 0 amide bonds. The lowest BCUT2D eigenvalue weighted by atomic mass is 9.86. The first-order valence-corrected chi connectivity index (χ1v) is 3.44. The quantitative estimate of drug-likeness (QED) is 0.325. The molecule has 0 aromatic carbocycles. The fourth-order valence-electron chi connectivity index (χ4n) is 1.12. The molecule has 0 heterocycles. The monoisotopic (exact) mass is 146 g/mol. The van der Waals surface area contributed by atoms with Gasteiger partial charge in [-0.05, 0) is 25.7 Å². The van der Waals surface area contributed by atoms with Crippen LogP contribution in [0.25, 0.3) is 0 Å². The van der Waals surface area contributed by atoms with Gasteiger partial charge < -0.3 is 21.7 Å². The molecule has 1 rings (SSSR count). The van der Waals surface area contributed by atoms with Crippen molar-refractivity contribution in [2.24, 2.45) is 11.5 Å². The average molecular weight is 146 g/mol. The van der Waals surface area contributed by atoms with E-state index >= 15 is 0 Å². The summed E-state index contributed by atoms with van der Waals surface area (Å²) in [5.41, 5.74) is 8.56. The van der Waals surface area contributed by atoms with Gasteiger partial charge in [-0.1, -0.05) is 0 Å². The summed E-state index contributed by atoms with van der Waals surface area (Å²) in [6.07, 6.45) is 1.50. The SMILES string of the molecule is NC1(O)CCC(N)(O)CC1. The zero-order valence-corrected chi connectivity index (χ0v) is 5.88. The van der Waals surface area contributed by atoms with Crippen molar-refractivity contribution in [3.05, 3.63) is 0 Å². The van der Waals surface area contributed by atoms with E-state index in [1.54, 1.807) is 0 Å². The molecule has 60 valence electrons. The molecular formula is C6H14N2O2. The maximum absolute atomic E-state index is 9.22. The van der Waals surface area contributed by atoms with Crippen molar-refractivity contribution in [3.8, 4) is 0 Å². The smallest absolute Gasteiger partial charge is 0.113 e. The Balaban J connectivity index is 2.46. The number of hydrogen-bond acceptors (Lipinski definition) is 4. The van der Waals surface area contributed by atoms with E-state index < -0.39 is 11.4 Å². The van der Waals surface area contributed by atoms with Gasteiger partial charge >= 0.3 is 0 Å². The summed E-state index contributed by atoms with van der Waals surface area (Å²) in [5.74, 6) is 0. The predicted molar refractivity (Wildman–Crippen MR) is 36.7 cm³/mol. The van der Waals surface area contributed by atoms with Crippen molar-refractivity contribution in [1.29, 1.82) is 0 Å². The Morgan fingerprint density at radius 1 is 0.800 bits per heavy atom. The fourth-order valence-corrected chi connectivity index (χ4v) is 1.12. The average Bonchev–Trinajstić information content (AvgIpc) is 1.79. The van der Waals surface area contributed by atoms with Crippen LogP contribution in [-0.4, -0.2) is 21.7 Å². The van der Waals surface area contributed by atoms with Gasteiger partial charge in [0.15, 0.2) is 0 Å². The molecule has 0 atom stereocenters. The molecule has 0 radical (unpaired) electrons. The summed E-state index contributed by atoms with van der Waals surface area (Å²) < 4.78 is 0. The number of aliphatic hydroxyl groups is 2. The highest BCUT2D eigenvalue weighted by molar-refractivity contribution is 4.86. The van der Waals surface area contributed by atoms with Crippen molar-refractivity contribution in [1.82, 2.24) is 0 Å². The van der Waals surface area contributed by atoms with Crippen LogP contribution in [0.4, 0.5) is 0 Å². The van der Waals surface area contributed by atoms with E-state index in [0.717, 1.165) is 0 Å². The van der Waals surface area contributed by atoms with Gasteiger partial charge in [0.1, 0.15) is 11.4 Å². The Kier molecular flexibility index (Phi) is 1.72. The number of nitrogens with two attached hydrogens (primary N) is 2. The van der Waals surface area contributed by atoms with Gasteiger partial charge in [0.2, 0.25) is 0 Å². The Hall–Kier alpha value is -0.160. The predicted octanol–water partition coefficient (Wildman–Crippen LogP) is -1.15. The van der Waals surface area contributed by atoms with Crippen molar-refractivity contribution in [3.63, 3.8) is 0 Å². The van der Waals surface area contributed by atoms with Crippen molar-refractivity contribution < 1.29 is 10.2 Å². The van der Waals surface area contributed by atoms with E-state index in [-0.39, 0.29) is 0 Å². The van der Waals surface area contributed by atoms with E-state index in [0.29, 0.717) is 25.7 Å². The Morgan fingerprint density at radius 2 is 1.00 bits per heavy atom. The number of hydrogen-bond donors (Lipinski definition) is 4. The fraction of sp³-hybridized carbons (Fsp3) is 1.00. The van der Waals surface area contributed by atoms with E-state index in [1.165, 1.54) is 0 Å². The Morgan fingerprint density at radius 3 is 1.20 bits per heavy atom. The minimum atomic E-state index is -1.11. The molecule has 4 nitrogen and oxygen atoms in total. The molecule has 0 saturated heterocycles. The molecule has 4 heteroatoms. The van der Waals surface area contributed by atoms with Crippen LogP contribution in [0.3, 0.4) is 0 Å².